The minimum absolute atomic E-state index is 0.352. The Hall–Kier alpha value is -0.610. The molecule has 2 N–H and O–H groups in total. The molecule has 17 heavy (non-hydrogen) atoms. The van der Waals surface area contributed by atoms with Gasteiger partial charge in [-0.05, 0) is 18.8 Å². The molecule has 0 aliphatic carbocycles. The summed E-state index contributed by atoms with van der Waals surface area (Å²) in [5.41, 5.74) is 5.07. The van der Waals surface area contributed by atoms with Crippen molar-refractivity contribution in [2.24, 2.45) is 17.6 Å². The highest BCUT2D eigenvalue weighted by Crippen LogP contribution is 2.10. The van der Waals surface area contributed by atoms with Crippen molar-refractivity contribution in [3.8, 4) is 0 Å². The highest BCUT2D eigenvalue weighted by atomic mass is 16.5. The smallest absolute Gasteiger partial charge is 0.326 e. The van der Waals surface area contributed by atoms with Gasteiger partial charge in [-0.3, -0.25) is 4.79 Å². The van der Waals surface area contributed by atoms with E-state index >= 15 is 0 Å². The molecule has 102 valence electrons. The lowest BCUT2D eigenvalue weighted by atomic mass is 10.0. The Balaban J connectivity index is 4.55. The summed E-state index contributed by atoms with van der Waals surface area (Å²) in [4.78, 5) is 13.8. The second-order valence-corrected chi connectivity index (χ2v) is 5.89. The summed E-state index contributed by atoms with van der Waals surface area (Å²) < 4.78 is 4.74. The van der Waals surface area contributed by atoms with E-state index in [4.69, 9.17) is 10.5 Å². The van der Waals surface area contributed by atoms with Crippen LogP contribution >= 0.6 is 0 Å². The molecule has 0 rings (SSSR count). The molecule has 1 unspecified atom stereocenters. The first-order valence-corrected chi connectivity index (χ1v) is 6.28. The zero-order chi connectivity index (χ0) is 13.6. The summed E-state index contributed by atoms with van der Waals surface area (Å²) in [5, 5.41) is 0. The Bertz CT molecular complexity index is 228. The van der Waals surface area contributed by atoms with Crippen LogP contribution in [-0.2, 0) is 9.53 Å². The molecule has 0 aromatic heterocycles. The van der Waals surface area contributed by atoms with Crippen LogP contribution in [0.15, 0.2) is 0 Å². The molecular weight excluding hydrogens is 216 g/mol. The fraction of sp³-hybridized carbons (Fsp3) is 0.923. The number of nitrogens with two attached hydrogens (primary N) is 1. The van der Waals surface area contributed by atoms with Gasteiger partial charge in [0.25, 0.3) is 0 Å². The monoisotopic (exact) mass is 244 g/mol. The van der Waals surface area contributed by atoms with E-state index in [0.717, 1.165) is 13.1 Å². The first kappa shape index (κ1) is 16.4. The fourth-order valence-electron chi connectivity index (χ4n) is 2.00. The molecule has 0 saturated carbocycles. The maximum atomic E-state index is 11.6. The summed E-state index contributed by atoms with van der Waals surface area (Å²) in [5.74, 6) is 0.763. The molecular formula is C13H28N2O2. The average Bonchev–Trinajstić information content (AvgIpc) is 2.13. The van der Waals surface area contributed by atoms with Crippen molar-refractivity contribution in [1.29, 1.82) is 0 Å². The van der Waals surface area contributed by atoms with Gasteiger partial charge in [-0.1, -0.05) is 27.7 Å². The SMILES string of the molecule is COC(=O)C(C)(N)CN(CC(C)C)CC(C)C. The zero-order valence-electron chi connectivity index (χ0n) is 12.1. The zero-order valence-corrected chi connectivity index (χ0v) is 12.1. The molecule has 0 aliphatic rings. The van der Waals surface area contributed by atoms with Gasteiger partial charge in [-0.25, -0.2) is 0 Å². The van der Waals surface area contributed by atoms with Crippen molar-refractivity contribution in [3.63, 3.8) is 0 Å². The van der Waals surface area contributed by atoms with E-state index in [9.17, 15) is 4.79 Å². The third kappa shape index (κ3) is 6.64. The quantitative estimate of drug-likeness (QED) is 0.689. The van der Waals surface area contributed by atoms with E-state index in [1.807, 2.05) is 0 Å². The topological polar surface area (TPSA) is 55.6 Å². The number of carbonyl (C=O) groups excluding carboxylic acids is 1. The molecule has 0 amide bonds. The third-order valence-corrected chi connectivity index (χ3v) is 2.45. The minimum Gasteiger partial charge on any atom is -0.468 e. The van der Waals surface area contributed by atoms with Crippen LogP contribution in [0, 0.1) is 11.8 Å². The van der Waals surface area contributed by atoms with Crippen LogP contribution in [0.1, 0.15) is 34.6 Å². The molecule has 4 nitrogen and oxygen atoms in total. The Kier molecular flexibility index (Phi) is 6.72. The number of nitrogens with zero attached hydrogens (tertiary/aromatic N) is 1. The number of esters is 1. The second kappa shape index (κ2) is 6.97. The number of hydrogen-bond acceptors (Lipinski definition) is 4. The lowest BCUT2D eigenvalue weighted by Crippen LogP contribution is -2.55. The average molecular weight is 244 g/mol. The Morgan fingerprint density at radius 2 is 1.65 bits per heavy atom. The first-order chi connectivity index (χ1) is 7.69. The van der Waals surface area contributed by atoms with Crippen LogP contribution < -0.4 is 5.73 Å². The molecule has 0 spiro atoms. The number of rotatable bonds is 7. The van der Waals surface area contributed by atoms with Crippen molar-refractivity contribution in [1.82, 2.24) is 4.90 Å². The van der Waals surface area contributed by atoms with E-state index < -0.39 is 5.54 Å². The predicted octanol–water partition coefficient (Wildman–Crippen LogP) is 1.49. The van der Waals surface area contributed by atoms with Gasteiger partial charge >= 0.3 is 5.97 Å². The molecule has 1 atom stereocenters. The normalized spacial score (nSPS) is 15.4. The molecule has 0 fully saturated rings. The molecule has 0 heterocycles. The van der Waals surface area contributed by atoms with Crippen LogP contribution in [0.5, 0.6) is 0 Å². The van der Waals surface area contributed by atoms with Crippen molar-refractivity contribution in [2.45, 2.75) is 40.2 Å². The van der Waals surface area contributed by atoms with Gasteiger partial charge in [0.15, 0.2) is 0 Å². The van der Waals surface area contributed by atoms with Gasteiger partial charge < -0.3 is 15.4 Å². The molecule has 0 bridgehead atoms. The fourth-order valence-corrected chi connectivity index (χ4v) is 2.00. The summed E-state index contributed by atoms with van der Waals surface area (Å²) in [6.07, 6.45) is 0. The van der Waals surface area contributed by atoms with Gasteiger partial charge in [-0.15, -0.1) is 0 Å². The molecule has 0 aromatic carbocycles. The van der Waals surface area contributed by atoms with E-state index in [-0.39, 0.29) is 5.97 Å². The molecule has 0 aliphatic heterocycles. The predicted molar refractivity (Wildman–Crippen MR) is 70.7 cm³/mol. The molecule has 0 aromatic rings. The number of methoxy groups -OCH3 is 1. The van der Waals surface area contributed by atoms with E-state index in [1.54, 1.807) is 6.92 Å². The largest absolute Gasteiger partial charge is 0.468 e. The van der Waals surface area contributed by atoms with E-state index in [1.165, 1.54) is 7.11 Å². The Morgan fingerprint density at radius 3 is 1.94 bits per heavy atom. The van der Waals surface area contributed by atoms with Crippen molar-refractivity contribution in [2.75, 3.05) is 26.7 Å². The Labute approximate surface area is 105 Å². The molecule has 0 radical (unpaired) electrons. The van der Waals surface area contributed by atoms with Gasteiger partial charge in [0.1, 0.15) is 5.54 Å². The van der Waals surface area contributed by atoms with Gasteiger partial charge in [0.2, 0.25) is 0 Å². The van der Waals surface area contributed by atoms with Crippen molar-refractivity contribution in [3.05, 3.63) is 0 Å². The van der Waals surface area contributed by atoms with Crippen LogP contribution in [0.3, 0.4) is 0 Å². The second-order valence-electron chi connectivity index (χ2n) is 5.89. The summed E-state index contributed by atoms with van der Waals surface area (Å²) in [6.45, 7) is 12.8. The van der Waals surface area contributed by atoms with Crippen molar-refractivity contribution < 1.29 is 9.53 Å². The first-order valence-electron chi connectivity index (χ1n) is 6.28. The van der Waals surface area contributed by atoms with Gasteiger partial charge in [0.05, 0.1) is 7.11 Å². The standard InChI is InChI=1S/C13H28N2O2/c1-10(2)7-15(8-11(3)4)9-13(5,14)12(16)17-6/h10-11H,7-9,14H2,1-6H3. The van der Waals surface area contributed by atoms with Crippen molar-refractivity contribution >= 4 is 5.97 Å². The van der Waals surface area contributed by atoms with Crippen LogP contribution in [0.2, 0.25) is 0 Å². The summed E-state index contributed by atoms with van der Waals surface area (Å²) >= 11 is 0. The lowest BCUT2D eigenvalue weighted by molar-refractivity contribution is -0.147. The summed E-state index contributed by atoms with van der Waals surface area (Å²) in [7, 11) is 1.38. The van der Waals surface area contributed by atoms with Crippen LogP contribution in [-0.4, -0.2) is 43.2 Å². The lowest BCUT2D eigenvalue weighted by Gasteiger charge is -2.32. The molecule has 0 saturated heterocycles. The summed E-state index contributed by atoms with van der Waals surface area (Å²) in [6, 6.07) is 0. The van der Waals surface area contributed by atoms with E-state index in [2.05, 4.69) is 32.6 Å². The number of carbonyl (C=O) groups is 1. The van der Waals surface area contributed by atoms with Gasteiger partial charge in [0, 0.05) is 19.6 Å². The third-order valence-electron chi connectivity index (χ3n) is 2.45. The highest BCUT2D eigenvalue weighted by molar-refractivity contribution is 5.80. The van der Waals surface area contributed by atoms with Crippen LogP contribution in [0.25, 0.3) is 0 Å². The minimum atomic E-state index is -0.932. The van der Waals surface area contributed by atoms with Gasteiger partial charge in [-0.2, -0.15) is 0 Å². The molecule has 4 heteroatoms. The van der Waals surface area contributed by atoms with E-state index in [0.29, 0.717) is 18.4 Å². The Morgan fingerprint density at radius 1 is 1.24 bits per heavy atom. The number of ether oxygens (including phenoxy) is 1. The maximum Gasteiger partial charge on any atom is 0.326 e. The highest BCUT2D eigenvalue weighted by Gasteiger charge is 2.32. The maximum absolute atomic E-state index is 11.6. The van der Waals surface area contributed by atoms with Crippen LogP contribution in [0.4, 0.5) is 0 Å². The number of hydrogen-bond donors (Lipinski definition) is 1.